The highest BCUT2D eigenvalue weighted by Crippen LogP contribution is 2.29. The van der Waals surface area contributed by atoms with E-state index in [1.165, 1.54) is 0 Å². The first-order valence-electron chi connectivity index (χ1n) is 12.9. The molecule has 3 aliphatic rings. The van der Waals surface area contributed by atoms with Gasteiger partial charge >= 0.3 is 0 Å². The van der Waals surface area contributed by atoms with Crippen LogP contribution in [0.5, 0.6) is 0 Å². The van der Waals surface area contributed by atoms with Crippen LogP contribution in [0, 0.1) is 41.5 Å². The quantitative estimate of drug-likeness (QED) is 0.206. The van der Waals surface area contributed by atoms with Gasteiger partial charge in [-0.3, -0.25) is 14.8 Å². The number of anilines is 1. The maximum absolute atomic E-state index is 13.6. The lowest BCUT2D eigenvalue weighted by Gasteiger charge is -2.44. The molecule has 2 atom stereocenters. The van der Waals surface area contributed by atoms with Gasteiger partial charge in [-0.1, -0.05) is 0 Å². The van der Waals surface area contributed by atoms with Gasteiger partial charge < -0.3 is 19.6 Å². The molecule has 2 N–H and O–H groups in total. The Hall–Kier alpha value is -3.83. The molecule has 0 aliphatic carbocycles. The van der Waals surface area contributed by atoms with E-state index in [0.717, 1.165) is 43.6 Å². The van der Waals surface area contributed by atoms with Crippen LogP contribution in [0.25, 0.3) is 0 Å². The van der Waals surface area contributed by atoms with E-state index in [-0.39, 0.29) is 12.5 Å². The van der Waals surface area contributed by atoms with Crippen molar-refractivity contribution in [1.82, 2.24) is 20.2 Å². The first-order valence-corrected chi connectivity index (χ1v) is 12.9. The van der Waals surface area contributed by atoms with Crippen molar-refractivity contribution in [3.05, 3.63) is 29.3 Å². The van der Waals surface area contributed by atoms with Crippen LogP contribution in [0.15, 0.2) is 23.2 Å². The molecule has 11 nitrogen and oxygen atoms in total. The van der Waals surface area contributed by atoms with Crippen LogP contribution < -0.4 is 10.4 Å². The number of carbonyl (C=O) groups is 2. The molecular formula is C26H34N8O3. The monoisotopic (exact) mass is 506 g/mol. The van der Waals surface area contributed by atoms with Crippen molar-refractivity contribution in [3.8, 4) is 12.3 Å². The third kappa shape index (κ3) is 5.78. The third-order valence-electron chi connectivity index (χ3n) is 7.71. The number of nitrogens with zero attached hydrogens (tertiary/aromatic N) is 7. The van der Waals surface area contributed by atoms with Crippen LogP contribution in [0.4, 0.5) is 5.69 Å². The second-order valence-corrected chi connectivity index (χ2v) is 9.91. The number of piperidine rings is 2. The molecule has 0 spiro atoms. The molecule has 3 heterocycles. The summed E-state index contributed by atoms with van der Waals surface area (Å²) in [5.74, 6) is -1.43. The number of aryl methyl sites for hydroxylation is 1. The van der Waals surface area contributed by atoms with Crippen LogP contribution in [-0.2, 0) is 9.59 Å². The molecule has 0 saturated carbocycles. The number of amides is 2. The zero-order chi connectivity index (χ0) is 26.4. The molecule has 4 rings (SSSR count). The fraction of sp³-hybridized carbons (Fsp3) is 0.577. The van der Waals surface area contributed by atoms with Gasteiger partial charge in [0, 0.05) is 58.0 Å². The number of nitrogens with one attached hydrogen (secondary N) is 1. The molecule has 37 heavy (non-hydrogen) atoms. The molecular weight excluding hydrogens is 472 g/mol. The first-order chi connectivity index (χ1) is 18.0. The van der Waals surface area contributed by atoms with Gasteiger partial charge in [0.15, 0.2) is 0 Å². The Kier molecular flexibility index (Phi) is 8.47. The second-order valence-electron chi connectivity index (χ2n) is 9.91. The van der Waals surface area contributed by atoms with Crippen molar-refractivity contribution < 1.29 is 14.8 Å². The van der Waals surface area contributed by atoms with Crippen LogP contribution in [0.3, 0.4) is 0 Å². The molecule has 196 valence electrons. The van der Waals surface area contributed by atoms with Gasteiger partial charge in [0.2, 0.25) is 24.0 Å². The van der Waals surface area contributed by atoms with E-state index < -0.39 is 17.7 Å². The Labute approximate surface area is 217 Å². The van der Waals surface area contributed by atoms with Gasteiger partial charge in [-0.25, -0.2) is 5.48 Å². The van der Waals surface area contributed by atoms with Gasteiger partial charge in [0.1, 0.15) is 0 Å². The molecule has 3 aliphatic heterocycles. The molecule has 0 radical (unpaired) electrons. The number of hydroxylamine groups is 1. The fourth-order valence-corrected chi connectivity index (χ4v) is 5.74. The first kappa shape index (κ1) is 26.2. The van der Waals surface area contributed by atoms with E-state index in [1.54, 1.807) is 11.5 Å². The molecule has 0 bridgehead atoms. The molecule has 11 heteroatoms. The largest absolute Gasteiger partial charge is 0.368 e. The smallest absolute Gasteiger partial charge is 0.249 e. The van der Waals surface area contributed by atoms with Crippen LogP contribution in [0.2, 0.25) is 0 Å². The molecule has 2 amide bonds. The highest BCUT2D eigenvalue weighted by molar-refractivity contribution is 5.89. The minimum Gasteiger partial charge on any atom is -0.368 e. The molecule has 3 saturated heterocycles. The van der Waals surface area contributed by atoms with E-state index in [9.17, 15) is 20.1 Å². The lowest BCUT2D eigenvalue weighted by Crippen LogP contribution is -2.58. The maximum atomic E-state index is 13.6. The summed E-state index contributed by atoms with van der Waals surface area (Å²) >= 11 is 0. The Balaban J connectivity index is 1.43. The summed E-state index contributed by atoms with van der Waals surface area (Å²) in [5, 5.41) is 27.8. The normalized spacial score (nSPS) is 22.8. The summed E-state index contributed by atoms with van der Waals surface area (Å²) < 4.78 is 0. The summed E-state index contributed by atoms with van der Waals surface area (Å²) in [6.45, 7) is 6.68. The zero-order valence-electron chi connectivity index (χ0n) is 21.3. The van der Waals surface area contributed by atoms with Crippen molar-refractivity contribution >= 4 is 23.5 Å². The summed E-state index contributed by atoms with van der Waals surface area (Å²) in [6, 6.07) is 7.78. The summed E-state index contributed by atoms with van der Waals surface area (Å²) in [6.07, 6.45) is 5.51. The van der Waals surface area contributed by atoms with Gasteiger partial charge in [-0.2, -0.15) is 10.5 Å². The van der Waals surface area contributed by atoms with E-state index in [0.29, 0.717) is 50.7 Å². The van der Waals surface area contributed by atoms with Crippen molar-refractivity contribution in [2.24, 2.45) is 16.8 Å². The van der Waals surface area contributed by atoms with Crippen LogP contribution in [-0.4, -0.2) is 90.0 Å². The number of hydrogen-bond donors (Lipinski definition) is 2. The number of piperazine rings is 1. The molecule has 1 aromatic rings. The predicted molar refractivity (Wildman–Crippen MR) is 136 cm³/mol. The summed E-state index contributed by atoms with van der Waals surface area (Å²) in [7, 11) is 0. The minimum atomic E-state index is -0.751. The van der Waals surface area contributed by atoms with Gasteiger partial charge in [0.05, 0.1) is 23.5 Å². The average Bonchev–Trinajstić information content (AvgIpc) is 2.95. The standard InChI is InChI=1S/C26H34N8O3/c1-19-15-20(16-27)5-6-23(19)31-11-13-32(14-12-31)25(36)21-7-10-34(17-22(21)24(35)30-37)26(29-18-28)33-8-3-2-4-9-33/h5-6,15,21-22,37H,2-4,7-14,17H2,1H3,(H,30,35)/t21-,22-/m0/s1. The Morgan fingerprint density at radius 3 is 2.32 bits per heavy atom. The second kappa shape index (κ2) is 11.9. The van der Waals surface area contributed by atoms with E-state index in [1.807, 2.05) is 35.0 Å². The third-order valence-corrected chi connectivity index (χ3v) is 7.71. The van der Waals surface area contributed by atoms with Crippen LogP contribution in [0.1, 0.15) is 36.8 Å². The zero-order valence-corrected chi connectivity index (χ0v) is 21.3. The number of aliphatic imine (C=N–C) groups is 1. The molecule has 0 aromatic heterocycles. The van der Waals surface area contributed by atoms with Gasteiger partial charge in [0.25, 0.3) is 0 Å². The van der Waals surface area contributed by atoms with E-state index in [2.05, 4.69) is 20.9 Å². The van der Waals surface area contributed by atoms with E-state index >= 15 is 0 Å². The lowest BCUT2D eigenvalue weighted by atomic mass is 9.83. The highest BCUT2D eigenvalue weighted by atomic mass is 16.5. The topological polar surface area (TPSA) is 139 Å². The van der Waals surface area contributed by atoms with Crippen LogP contribution >= 0.6 is 0 Å². The SMILES string of the molecule is Cc1cc(C#N)ccc1N1CCN(C(=O)[C@H]2CCN(C(=NC#N)N3CCCCC3)C[C@@H]2C(=O)NO)CC1. The number of hydrogen-bond acceptors (Lipinski definition) is 7. The van der Waals surface area contributed by atoms with Crippen molar-refractivity contribution in [2.45, 2.75) is 32.6 Å². The Morgan fingerprint density at radius 1 is 0.973 bits per heavy atom. The molecule has 0 unspecified atom stereocenters. The van der Waals surface area contributed by atoms with Crippen molar-refractivity contribution in [1.29, 1.82) is 10.5 Å². The molecule has 3 fully saturated rings. The fourth-order valence-electron chi connectivity index (χ4n) is 5.74. The number of likely N-dealkylation sites (tertiary alicyclic amines) is 2. The number of nitriles is 2. The van der Waals surface area contributed by atoms with Crippen molar-refractivity contribution in [3.63, 3.8) is 0 Å². The molecule has 1 aromatic carbocycles. The highest BCUT2D eigenvalue weighted by Gasteiger charge is 2.42. The number of carbonyl (C=O) groups excluding carboxylic acids is 2. The number of guanidine groups is 1. The number of rotatable bonds is 3. The average molecular weight is 507 g/mol. The van der Waals surface area contributed by atoms with Gasteiger partial charge in [-0.05, 0) is 56.4 Å². The minimum absolute atomic E-state index is 0.0822. The predicted octanol–water partition coefficient (Wildman–Crippen LogP) is 1.28. The van der Waals surface area contributed by atoms with E-state index in [4.69, 9.17) is 5.26 Å². The van der Waals surface area contributed by atoms with Gasteiger partial charge in [-0.15, -0.1) is 4.99 Å². The summed E-state index contributed by atoms with van der Waals surface area (Å²) in [5.41, 5.74) is 4.45. The number of benzene rings is 1. The Bertz CT molecular complexity index is 1110. The maximum Gasteiger partial charge on any atom is 0.249 e. The Morgan fingerprint density at radius 2 is 1.70 bits per heavy atom. The van der Waals surface area contributed by atoms with Crippen molar-refractivity contribution in [2.75, 3.05) is 57.3 Å². The summed E-state index contributed by atoms with van der Waals surface area (Å²) in [4.78, 5) is 38.3. The lowest BCUT2D eigenvalue weighted by molar-refractivity contribution is -0.147.